The maximum atomic E-state index is 13.0. The van der Waals surface area contributed by atoms with Gasteiger partial charge in [-0.15, -0.1) is 0 Å². The Balaban J connectivity index is 2.11. The van der Waals surface area contributed by atoms with Crippen molar-refractivity contribution in [2.75, 3.05) is 13.2 Å². The normalized spacial score (nSPS) is 12.5. The van der Waals surface area contributed by atoms with Crippen molar-refractivity contribution in [1.82, 2.24) is 19.5 Å². The highest BCUT2D eigenvalue weighted by Crippen LogP contribution is 2.36. The standard InChI is InChI=1S/C23H30Cl2N4O4Si/c1-13(2)17-18(16(8-9-26-17)32-10-11-33-34(6,7)23(3,4)5)29-20-14(21(30)28-22(29)31)12-15(24)19(25)27-20/h8-9,12-13H,10-11H2,1-7H3,(H,28,30,31). The molecule has 0 spiro atoms. The zero-order valence-electron chi connectivity index (χ0n) is 20.5. The fourth-order valence-corrected chi connectivity index (χ4v) is 4.51. The van der Waals surface area contributed by atoms with E-state index in [4.69, 9.17) is 32.4 Å². The van der Waals surface area contributed by atoms with Crippen LogP contribution in [0, 0.1) is 0 Å². The van der Waals surface area contributed by atoms with Crippen molar-refractivity contribution in [3.8, 4) is 11.4 Å². The second-order valence-electron chi connectivity index (χ2n) is 9.88. The van der Waals surface area contributed by atoms with Crippen LogP contribution in [-0.4, -0.2) is 41.1 Å². The van der Waals surface area contributed by atoms with Crippen LogP contribution in [0.15, 0.2) is 27.9 Å². The number of ether oxygens (including phenoxy) is 1. The van der Waals surface area contributed by atoms with E-state index in [0.717, 1.165) is 0 Å². The highest BCUT2D eigenvalue weighted by Gasteiger charge is 2.37. The lowest BCUT2D eigenvalue weighted by molar-refractivity contribution is 0.203. The van der Waals surface area contributed by atoms with E-state index < -0.39 is 19.6 Å². The Bertz CT molecular complexity index is 1330. The van der Waals surface area contributed by atoms with Crippen molar-refractivity contribution in [1.29, 1.82) is 0 Å². The Morgan fingerprint density at radius 2 is 1.85 bits per heavy atom. The first-order chi connectivity index (χ1) is 15.7. The summed E-state index contributed by atoms with van der Waals surface area (Å²) in [5.41, 5.74) is -0.225. The Kier molecular flexibility index (Phi) is 7.62. The topological polar surface area (TPSA) is 99.1 Å². The zero-order chi connectivity index (χ0) is 25.4. The largest absolute Gasteiger partial charge is 0.489 e. The van der Waals surface area contributed by atoms with E-state index in [1.165, 1.54) is 10.6 Å². The molecule has 0 saturated carbocycles. The molecule has 0 amide bonds. The van der Waals surface area contributed by atoms with Crippen LogP contribution in [0.1, 0.15) is 46.2 Å². The van der Waals surface area contributed by atoms with E-state index in [9.17, 15) is 9.59 Å². The van der Waals surface area contributed by atoms with Crippen LogP contribution < -0.4 is 16.0 Å². The lowest BCUT2D eigenvalue weighted by Gasteiger charge is -2.36. The minimum absolute atomic E-state index is 0.0202. The van der Waals surface area contributed by atoms with Crippen LogP contribution in [0.25, 0.3) is 16.7 Å². The Morgan fingerprint density at radius 1 is 1.18 bits per heavy atom. The molecular formula is C23H30Cl2N4O4Si. The zero-order valence-corrected chi connectivity index (χ0v) is 23.0. The van der Waals surface area contributed by atoms with Gasteiger partial charge in [0.1, 0.15) is 23.2 Å². The molecule has 3 aromatic heterocycles. The van der Waals surface area contributed by atoms with E-state index >= 15 is 0 Å². The summed E-state index contributed by atoms with van der Waals surface area (Å²) >= 11 is 12.2. The van der Waals surface area contributed by atoms with E-state index in [1.807, 2.05) is 13.8 Å². The van der Waals surface area contributed by atoms with Crippen LogP contribution in [0.2, 0.25) is 28.3 Å². The Morgan fingerprint density at radius 3 is 2.47 bits per heavy atom. The minimum atomic E-state index is -1.94. The van der Waals surface area contributed by atoms with Crippen molar-refractivity contribution < 1.29 is 9.16 Å². The molecule has 1 N–H and O–H groups in total. The van der Waals surface area contributed by atoms with Crippen molar-refractivity contribution in [2.45, 2.75) is 58.7 Å². The summed E-state index contributed by atoms with van der Waals surface area (Å²) in [6.45, 7) is 15.4. The summed E-state index contributed by atoms with van der Waals surface area (Å²) in [5, 5.41) is 0.292. The van der Waals surface area contributed by atoms with Gasteiger partial charge in [0.25, 0.3) is 5.56 Å². The predicted octanol–water partition coefficient (Wildman–Crippen LogP) is 5.30. The number of aromatic amines is 1. The minimum Gasteiger partial charge on any atom is -0.489 e. The third-order valence-electron chi connectivity index (χ3n) is 6.09. The molecule has 0 fully saturated rings. The summed E-state index contributed by atoms with van der Waals surface area (Å²) in [7, 11) is -1.94. The van der Waals surface area contributed by atoms with Gasteiger partial charge in [0.2, 0.25) is 0 Å². The highest BCUT2D eigenvalue weighted by molar-refractivity contribution is 6.74. The molecule has 0 atom stereocenters. The smallest absolute Gasteiger partial charge is 0.334 e. The molecule has 184 valence electrons. The van der Waals surface area contributed by atoms with E-state index in [-0.39, 0.29) is 38.8 Å². The maximum absolute atomic E-state index is 13.0. The van der Waals surface area contributed by atoms with E-state index in [1.54, 1.807) is 12.3 Å². The summed E-state index contributed by atoms with van der Waals surface area (Å²) < 4.78 is 13.6. The summed E-state index contributed by atoms with van der Waals surface area (Å²) in [5.74, 6) is 0.361. The fourth-order valence-electron chi connectivity index (χ4n) is 3.20. The third-order valence-corrected chi connectivity index (χ3v) is 11.3. The molecule has 3 aromatic rings. The van der Waals surface area contributed by atoms with Crippen LogP contribution in [0.4, 0.5) is 0 Å². The first kappa shape index (κ1) is 26.4. The van der Waals surface area contributed by atoms with Gasteiger partial charge >= 0.3 is 5.69 Å². The molecule has 0 radical (unpaired) electrons. The molecule has 0 aliphatic carbocycles. The predicted molar refractivity (Wildman–Crippen MR) is 139 cm³/mol. The maximum Gasteiger partial charge on any atom is 0.334 e. The van der Waals surface area contributed by atoms with Gasteiger partial charge in [0, 0.05) is 12.3 Å². The van der Waals surface area contributed by atoms with Gasteiger partial charge in [-0.05, 0) is 30.1 Å². The number of nitrogens with one attached hydrogen (secondary N) is 1. The number of rotatable bonds is 7. The number of hydrogen-bond donors (Lipinski definition) is 1. The molecule has 0 bridgehead atoms. The fraction of sp³-hybridized carbons (Fsp3) is 0.478. The first-order valence-corrected chi connectivity index (χ1v) is 14.7. The number of pyridine rings is 2. The second kappa shape index (κ2) is 9.81. The molecule has 11 heteroatoms. The molecule has 0 unspecified atom stereocenters. The second-order valence-corrected chi connectivity index (χ2v) is 15.5. The number of H-pyrrole nitrogens is 1. The quantitative estimate of drug-likeness (QED) is 0.255. The van der Waals surface area contributed by atoms with Crippen molar-refractivity contribution in [3.05, 3.63) is 55.0 Å². The molecule has 3 heterocycles. The lowest BCUT2D eigenvalue weighted by atomic mass is 10.1. The monoisotopic (exact) mass is 524 g/mol. The molecule has 0 aliphatic rings. The summed E-state index contributed by atoms with van der Waals surface area (Å²) in [4.78, 5) is 36.6. The molecular weight excluding hydrogens is 495 g/mol. The number of nitrogens with zero attached hydrogens (tertiary/aromatic N) is 3. The summed E-state index contributed by atoms with van der Waals surface area (Å²) in [6.07, 6.45) is 1.62. The van der Waals surface area contributed by atoms with Gasteiger partial charge in [-0.1, -0.05) is 57.8 Å². The molecule has 0 saturated heterocycles. The Labute approximate surface area is 209 Å². The molecule has 34 heavy (non-hydrogen) atoms. The van der Waals surface area contributed by atoms with Crippen molar-refractivity contribution in [3.63, 3.8) is 0 Å². The van der Waals surface area contributed by atoms with Gasteiger partial charge in [-0.25, -0.2) is 14.3 Å². The molecule has 0 aromatic carbocycles. The van der Waals surface area contributed by atoms with Crippen LogP contribution >= 0.6 is 23.2 Å². The van der Waals surface area contributed by atoms with Gasteiger partial charge in [0.05, 0.1) is 22.7 Å². The number of halogens is 2. The SMILES string of the molecule is CC(C)c1nccc(OCCO[Si](C)(C)C(C)(C)C)c1-n1c(=O)[nH]c(=O)c2cc(Cl)c(Cl)nc21. The van der Waals surface area contributed by atoms with Crippen LogP contribution in [-0.2, 0) is 4.43 Å². The van der Waals surface area contributed by atoms with Crippen LogP contribution in [0.5, 0.6) is 5.75 Å². The Hall–Kier alpha value is -2.20. The van der Waals surface area contributed by atoms with E-state index in [0.29, 0.717) is 23.7 Å². The molecule has 3 rings (SSSR count). The van der Waals surface area contributed by atoms with Crippen molar-refractivity contribution >= 4 is 42.6 Å². The van der Waals surface area contributed by atoms with Gasteiger partial charge < -0.3 is 9.16 Å². The summed E-state index contributed by atoms with van der Waals surface area (Å²) in [6, 6.07) is 3.06. The average Bonchev–Trinajstić information content (AvgIpc) is 2.72. The number of fused-ring (bicyclic) bond motifs is 1. The molecule has 0 aliphatic heterocycles. The number of aromatic nitrogens is 4. The first-order valence-electron chi connectivity index (χ1n) is 11.0. The van der Waals surface area contributed by atoms with Crippen molar-refractivity contribution in [2.24, 2.45) is 0 Å². The molecule has 8 nitrogen and oxygen atoms in total. The highest BCUT2D eigenvalue weighted by atomic mass is 35.5. The van der Waals surface area contributed by atoms with Gasteiger partial charge in [0.15, 0.2) is 14.0 Å². The lowest BCUT2D eigenvalue weighted by Crippen LogP contribution is -2.41. The van der Waals surface area contributed by atoms with Gasteiger partial charge in [-0.2, -0.15) is 0 Å². The average molecular weight is 526 g/mol. The number of hydrogen-bond acceptors (Lipinski definition) is 6. The van der Waals surface area contributed by atoms with Gasteiger partial charge in [-0.3, -0.25) is 14.8 Å². The third kappa shape index (κ3) is 5.22. The van der Waals surface area contributed by atoms with E-state index in [2.05, 4.69) is 48.8 Å². The van der Waals surface area contributed by atoms with Crippen LogP contribution in [0.3, 0.4) is 0 Å².